The van der Waals surface area contributed by atoms with Crippen molar-refractivity contribution >= 4 is 17.7 Å². The van der Waals surface area contributed by atoms with Gasteiger partial charge in [-0.25, -0.2) is 4.98 Å². The van der Waals surface area contributed by atoms with Crippen LogP contribution in [-0.4, -0.2) is 43.1 Å². The Bertz CT molecular complexity index is 507. The van der Waals surface area contributed by atoms with Crippen LogP contribution in [0.3, 0.4) is 0 Å². The third-order valence-corrected chi connectivity index (χ3v) is 3.85. The predicted molar refractivity (Wildman–Crippen MR) is 83.4 cm³/mol. The lowest BCUT2D eigenvalue weighted by Crippen LogP contribution is -2.46. The number of hydrogen-bond donors (Lipinski definition) is 1. The molecule has 1 fully saturated rings. The molecule has 0 unspecified atom stereocenters. The Morgan fingerprint density at radius 3 is 3.00 bits per heavy atom. The van der Waals surface area contributed by atoms with Gasteiger partial charge in [0.15, 0.2) is 0 Å². The van der Waals surface area contributed by atoms with Gasteiger partial charge in [0.2, 0.25) is 5.91 Å². The lowest BCUT2D eigenvalue weighted by molar-refractivity contribution is -0.141. The zero-order chi connectivity index (χ0) is 15.9. The van der Waals surface area contributed by atoms with Gasteiger partial charge in [0.1, 0.15) is 5.82 Å². The molecule has 1 aromatic rings. The van der Waals surface area contributed by atoms with Crippen LogP contribution in [0.25, 0.3) is 0 Å². The van der Waals surface area contributed by atoms with Gasteiger partial charge in [-0.15, -0.1) is 0 Å². The molecule has 120 valence electrons. The lowest BCUT2D eigenvalue weighted by Gasteiger charge is -2.33. The van der Waals surface area contributed by atoms with E-state index >= 15 is 0 Å². The zero-order valence-corrected chi connectivity index (χ0v) is 13.1. The first-order valence-electron chi connectivity index (χ1n) is 7.63. The van der Waals surface area contributed by atoms with Crippen molar-refractivity contribution in [3.63, 3.8) is 0 Å². The van der Waals surface area contributed by atoms with Crippen LogP contribution in [0.15, 0.2) is 24.4 Å². The molecule has 1 saturated heterocycles. The molecule has 1 aliphatic rings. The van der Waals surface area contributed by atoms with E-state index in [1.807, 2.05) is 25.1 Å². The van der Waals surface area contributed by atoms with Crippen molar-refractivity contribution < 1.29 is 14.3 Å². The maximum absolute atomic E-state index is 12.3. The Morgan fingerprint density at radius 2 is 2.32 bits per heavy atom. The maximum atomic E-state index is 12.3. The number of nitrogens with one attached hydrogen (secondary N) is 1. The van der Waals surface area contributed by atoms with E-state index in [2.05, 4.69) is 19.9 Å². The van der Waals surface area contributed by atoms with Crippen molar-refractivity contribution in [1.82, 2.24) is 10.3 Å². The largest absolute Gasteiger partial charge is 0.469 e. The number of ether oxygens (including phenoxy) is 1. The average Bonchev–Trinajstić information content (AvgIpc) is 2.55. The SMILES string of the molecule is COC(=O)C[C@H](C)NC(=O)[C@@H]1CCCN(c2ccccn2)C1. The minimum Gasteiger partial charge on any atom is -0.469 e. The summed E-state index contributed by atoms with van der Waals surface area (Å²) in [5.74, 6) is 0.516. The number of carbonyl (C=O) groups is 2. The van der Waals surface area contributed by atoms with Gasteiger partial charge in [0.25, 0.3) is 0 Å². The van der Waals surface area contributed by atoms with Crippen LogP contribution in [0.5, 0.6) is 0 Å². The normalized spacial score (nSPS) is 19.4. The Morgan fingerprint density at radius 1 is 1.50 bits per heavy atom. The third-order valence-electron chi connectivity index (χ3n) is 3.85. The van der Waals surface area contributed by atoms with Gasteiger partial charge in [-0.05, 0) is 31.9 Å². The summed E-state index contributed by atoms with van der Waals surface area (Å²) in [6, 6.07) is 5.57. The highest BCUT2D eigenvalue weighted by Gasteiger charge is 2.27. The Balaban J connectivity index is 1.89. The van der Waals surface area contributed by atoms with E-state index in [9.17, 15) is 9.59 Å². The molecule has 1 N–H and O–H groups in total. The van der Waals surface area contributed by atoms with Crippen LogP contribution in [0.1, 0.15) is 26.2 Å². The van der Waals surface area contributed by atoms with Crippen molar-refractivity contribution in [3.8, 4) is 0 Å². The lowest BCUT2D eigenvalue weighted by atomic mass is 9.96. The van der Waals surface area contributed by atoms with Gasteiger partial charge < -0.3 is 15.0 Å². The second kappa shape index (κ2) is 7.77. The minimum absolute atomic E-state index is 0.00275. The summed E-state index contributed by atoms with van der Waals surface area (Å²) in [7, 11) is 1.35. The van der Waals surface area contributed by atoms with Gasteiger partial charge in [0, 0.05) is 25.3 Å². The highest BCUT2D eigenvalue weighted by Crippen LogP contribution is 2.21. The fourth-order valence-corrected chi connectivity index (χ4v) is 2.69. The minimum atomic E-state index is -0.313. The second-order valence-electron chi connectivity index (χ2n) is 5.66. The van der Waals surface area contributed by atoms with Crippen LogP contribution in [-0.2, 0) is 14.3 Å². The Labute approximate surface area is 130 Å². The van der Waals surface area contributed by atoms with E-state index in [0.717, 1.165) is 25.2 Å². The third kappa shape index (κ3) is 4.44. The molecule has 22 heavy (non-hydrogen) atoms. The first-order valence-corrected chi connectivity index (χ1v) is 7.63. The number of nitrogens with zero attached hydrogens (tertiary/aromatic N) is 2. The number of rotatable bonds is 5. The van der Waals surface area contributed by atoms with Crippen LogP contribution in [0.2, 0.25) is 0 Å². The van der Waals surface area contributed by atoms with Crippen molar-refractivity contribution in [2.45, 2.75) is 32.2 Å². The van der Waals surface area contributed by atoms with E-state index < -0.39 is 0 Å². The molecule has 0 spiro atoms. The van der Waals surface area contributed by atoms with Gasteiger partial charge >= 0.3 is 5.97 Å². The summed E-state index contributed by atoms with van der Waals surface area (Å²) in [5, 5.41) is 2.90. The molecule has 0 aromatic carbocycles. The second-order valence-corrected chi connectivity index (χ2v) is 5.66. The molecule has 1 aromatic heterocycles. The molecule has 0 saturated carbocycles. The van der Waals surface area contributed by atoms with E-state index in [4.69, 9.17) is 0 Å². The molecule has 6 nitrogen and oxygen atoms in total. The topological polar surface area (TPSA) is 71.5 Å². The molecule has 2 rings (SSSR count). The summed E-state index contributed by atoms with van der Waals surface area (Å²) in [5.41, 5.74) is 0. The van der Waals surface area contributed by atoms with Gasteiger partial charge in [-0.3, -0.25) is 9.59 Å². The zero-order valence-electron chi connectivity index (χ0n) is 13.1. The van der Waals surface area contributed by atoms with Crippen LogP contribution < -0.4 is 10.2 Å². The summed E-state index contributed by atoms with van der Waals surface area (Å²) in [6.07, 6.45) is 3.77. The molecule has 0 aliphatic carbocycles. The van der Waals surface area contributed by atoms with Crippen LogP contribution in [0, 0.1) is 5.92 Å². The number of piperidine rings is 1. The number of hydrogen-bond acceptors (Lipinski definition) is 5. The fraction of sp³-hybridized carbons (Fsp3) is 0.562. The summed E-state index contributed by atoms with van der Waals surface area (Å²) in [4.78, 5) is 30.1. The fourth-order valence-electron chi connectivity index (χ4n) is 2.69. The molecule has 6 heteroatoms. The highest BCUT2D eigenvalue weighted by atomic mass is 16.5. The summed E-state index contributed by atoms with van der Waals surface area (Å²) >= 11 is 0. The van der Waals surface area contributed by atoms with E-state index in [0.29, 0.717) is 6.54 Å². The van der Waals surface area contributed by atoms with Gasteiger partial charge in [-0.2, -0.15) is 0 Å². The Hall–Kier alpha value is -2.11. The van der Waals surface area contributed by atoms with E-state index in [1.54, 1.807) is 6.20 Å². The molecule has 0 radical (unpaired) electrons. The van der Waals surface area contributed by atoms with Gasteiger partial charge in [0.05, 0.1) is 19.4 Å². The number of carbonyl (C=O) groups excluding carboxylic acids is 2. The van der Waals surface area contributed by atoms with Crippen molar-refractivity contribution in [2.75, 3.05) is 25.1 Å². The summed E-state index contributed by atoms with van der Waals surface area (Å²) < 4.78 is 4.62. The average molecular weight is 305 g/mol. The van der Waals surface area contributed by atoms with E-state index in [1.165, 1.54) is 7.11 Å². The standard InChI is InChI=1S/C16H23N3O3/c1-12(10-15(20)22-2)18-16(21)13-6-5-9-19(11-13)14-7-3-4-8-17-14/h3-4,7-8,12-13H,5-6,9-11H2,1-2H3,(H,18,21)/t12-,13+/m0/s1. The number of pyridine rings is 1. The Kier molecular flexibility index (Phi) is 5.75. The molecule has 1 amide bonds. The molecule has 1 aliphatic heterocycles. The van der Waals surface area contributed by atoms with E-state index in [-0.39, 0.29) is 30.3 Å². The monoisotopic (exact) mass is 305 g/mol. The quantitative estimate of drug-likeness (QED) is 0.832. The van der Waals surface area contributed by atoms with Crippen molar-refractivity contribution in [3.05, 3.63) is 24.4 Å². The number of methoxy groups -OCH3 is 1. The molecule has 2 atom stereocenters. The number of anilines is 1. The van der Waals surface area contributed by atoms with Crippen molar-refractivity contribution in [1.29, 1.82) is 0 Å². The number of aromatic nitrogens is 1. The first-order chi connectivity index (χ1) is 10.6. The van der Waals surface area contributed by atoms with Crippen LogP contribution in [0.4, 0.5) is 5.82 Å². The summed E-state index contributed by atoms with van der Waals surface area (Å²) in [6.45, 7) is 3.39. The predicted octanol–water partition coefficient (Wildman–Crippen LogP) is 1.37. The van der Waals surface area contributed by atoms with Crippen molar-refractivity contribution in [2.24, 2.45) is 5.92 Å². The number of amides is 1. The highest BCUT2D eigenvalue weighted by molar-refractivity contribution is 5.80. The molecule has 2 heterocycles. The smallest absolute Gasteiger partial charge is 0.307 e. The molecular formula is C16H23N3O3. The maximum Gasteiger partial charge on any atom is 0.307 e. The van der Waals surface area contributed by atoms with Crippen LogP contribution >= 0.6 is 0 Å². The number of esters is 1. The molecule has 0 bridgehead atoms. The molecular weight excluding hydrogens is 282 g/mol. The first kappa shape index (κ1) is 16.3. The van der Waals surface area contributed by atoms with Gasteiger partial charge in [-0.1, -0.05) is 6.07 Å².